The molecule has 7 heteroatoms. The van der Waals surface area contributed by atoms with Crippen molar-refractivity contribution < 1.29 is 27.5 Å². The normalized spacial score (nSPS) is 13.5. The summed E-state index contributed by atoms with van der Waals surface area (Å²) in [4.78, 5) is 12.0. The summed E-state index contributed by atoms with van der Waals surface area (Å²) in [7, 11) is 0. The second-order valence-electron chi connectivity index (χ2n) is 5.66. The third kappa shape index (κ3) is 3.73. The van der Waals surface area contributed by atoms with Crippen molar-refractivity contribution in [2.75, 3.05) is 6.54 Å². The van der Waals surface area contributed by atoms with Crippen LogP contribution in [-0.2, 0) is 5.60 Å². The SMILES string of the molecule is Cc1cc(C(=O)NCC(C)(O)c2ccc(F)cc2F)c(F)cc1F. The molecule has 0 aliphatic rings. The van der Waals surface area contributed by atoms with Crippen LogP contribution in [0, 0.1) is 30.2 Å². The van der Waals surface area contributed by atoms with E-state index in [4.69, 9.17) is 0 Å². The zero-order valence-corrected chi connectivity index (χ0v) is 13.0. The van der Waals surface area contributed by atoms with Crippen molar-refractivity contribution in [2.24, 2.45) is 0 Å². The lowest BCUT2D eigenvalue weighted by Crippen LogP contribution is -2.39. The van der Waals surface area contributed by atoms with Gasteiger partial charge >= 0.3 is 0 Å². The van der Waals surface area contributed by atoms with E-state index in [0.717, 1.165) is 18.2 Å². The number of aliphatic hydroxyl groups is 1. The van der Waals surface area contributed by atoms with Gasteiger partial charge in [-0.3, -0.25) is 4.79 Å². The van der Waals surface area contributed by atoms with Crippen LogP contribution in [0.15, 0.2) is 30.3 Å². The lowest BCUT2D eigenvalue weighted by Gasteiger charge is -2.24. The van der Waals surface area contributed by atoms with Crippen molar-refractivity contribution in [2.45, 2.75) is 19.4 Å². The number of aryl methyl sites for hydroxylation is 1. The third-order valence-electron chi connectivity index (χ3n) is 3.60. The van der Waals surface area contributed by atoms with E-state index in [1.807, 2.05) is 0 Å². The van der Waals surface area contributed by atoms with Crippen molar-refractivity contribution in [1.82, 2.24) is 5.32 Å². The number of rotatable bonds is 4. The molecule has 0 radical (unpaired) electrons. The Hall–Kier alpha value is -2.41. The lowest BCUT2D eigenvalue weighted by molar-refractivity contribution is 0.0493. The second-order valence-corrected chi connectivity index (χ2v) is 5.66. The topological polar surface area (TPSA) is 49.3 Å². The Morgan fingerprint density at radius 1 is 1.08 bits per heavy atom. The van der Waals surface area contributed by atoms with Gasteiger partial charge in [0, 0.05) is 17.7 Å². The van der Waals surface area contributed by atoms with Gasteiger partial charge in [0.2, 0.25) is 0 Å². The molecule has 0 saturated heterocycles. The van der Waals surface area contributed by atoms with Gasteiger partial charge in [-0.15, -0.1) is 0 Å². The van der Waals surface area contributed by atoms with Crippen LogP contribution in [0.5, 0.6) is 0 Å². The Morgan fingerprint density at radius 2 is 1.75 bits per heavy atom. The quantitative estimate of drug-likeness (QED) is 0.839. The Morgan fingerprint density at radius 3 is 2.38 bits per heavy atom. The average Bonchev–Trinajstić information content (AvgIpc) is 2.48. The molecule has 128 valence electrons. The Bertz CT molecular complexity index is 790. The van der Waals surface area contributed by atoms with E-state index in [1.54, 1.807) is 0 Å². The van der Waals surface area contributed by atoms with Crippen molar-refractivity contribution in [1.29, 1.82) is 0 Å². The smallest absolute Gasteiger partial charge is 0.254 e. The maximum absolute atomic E-state index is 13.7. The molecule has 0 spiro atoms. The first-order valence-electron chi connectivity index (χ1n) is 7.03. The van der Waals surface area contributed by atoms with E-state index in [-0.39, 0.29) is 11.1 Å². The fourth-order valence-electron chi connectivity index (χ4n) is 2.20. The summed E-state index contributed by atoms with van der Waals surface area (Å²) < 4.78 is 53.5. The predicted octanol–water partition coefficient (Wildman–Crippen LogP) is 3.19. The Labute approximate surface area is 135 Å². The zero-order valence-electron chi connectivity index (χ0n) is 13.0. The maximum Gasteiger partial charge on any atom is 0.254 e. The number of carbonyl (C=O) groups excluding carboxylic acids is 1. The summed E-state index contributed by atoms with van der Waals surface area (Å²) in [6.45, 7) is 2.13. The Kier molecular flexibility index (Phi) is 4.94. The molecule has 0 bridgehead atoms. The maximum atomic E-state index is 13.7. The molecule has 2 N–H and O–H groups in total. The van der Waals surface area contributed by atoms with E-state index in [2.05, 4.69) is 5.32 Å². The fraction of sp³-hybridized carbons (Fsp3) is 0.235. The number of amides is 1. The van der Waals surface area contributed by atoms with E-state index in [0.29, 0.717) is 12.1 Å². The molecule has 0 saturated carbocycles. The van der Waals surface area contributed by atoms with Gasteiger partial charge in [-0.1, -0.05) is 6.07 Å². The number of benzene rings is 2. The minimum atomic E-state index is -1.85. The molecule has 2 rings (SSSR count). The van der Waals surface area contributed by atoms with Crippen molar-refractivity contribution in [3.8, 4) is 0 Å². The molecule has 0 aromatic heterocycles. The van der Waals surface area contributed by atoms with Crippen molar-refractivity contribution in [3.63, 3.8) is 0 Å². The van der Waals surface area contributed by atoms with Crippen molar-refractivity contribution in [3.05, 3.63) is 70.3 Å². The van der Waals surface area contributed by atoms with Gasteiger partial charge in [-0.25, -0.2) is 17.6 Å². The first-order valence-corrected chi connectivity index (χ1v) is 7.03. The van der Waals surface area contributed by atoms with Gasteiger partial charge in [0.15, 0.2) is 0 Å². The van der Waals surface area contributed by atoms with E-state index >= 15 is 0 Å². The molecule has 3 nitrogen and oxygen atoms in total. The predicted molar refractivity (Wildman–Crippen MR) is 79.4 cm³/mol. The van der Waals surface area contributed by atoms with E-state index < -0.39 is 46.9 Å². The minimum absolute atomic E-state index is 0.0814. The van der Waals surface area contributed by atoms with Gasteiger partial charge in [0.1, 0.15) is 28.9 Å². The Balaban J connectivity index is 2.17. The number of halogens is 4. The van der Waals surface area contributed by atoms with E-state index in [1.165, 1.54) is 13.8 Å². The number of hydrogen-bond donors (Lipinski definition) is 2. The standard InChI is InChI=1S/C17H15F4NO2/c1-9-5-11(14(20)7-13(9)19)16(23)22-8-17(2,24)12-4-3-10(18)6-15(12)21/h3-7,24H,8H2,1-2H3,(H,22,23). The molecule has 1 unspecified atom stereocenters. The van der Waals surface area contributed by atoms with Gasteiger partial charge < -0.3 is 10.4 Å². The van der Waals surface area contributed by atoms with Crippen LogP contribution in [0.1, 0.15) is 28.4 Å². The molecule has 24 heavy (non-hydrogen) atoms. The molecule has 0 fully saturated rings. The minimum Gasteiger partial charge on any atom is -0.383 e. The molecule has 0 heterocycles. The van der Waals surface area contributed by atoms with Crippen LogP contribution < -0.4 is 5.32 Å². The van der Waals surface area contributed by atoms with Crippen LogP contribution in [-0.4, -0.2) is 17.6 Å². The van der Waals surface area contributed by atoms with Gasteiger partial charge in [-0.2, -0.15) is 0 Å². The number of carbonyl (C=O) groups is 1. The summed E-state index contributed by atoms with van der Waals surface area (Å²) in [5, 5.41) is 12.5. The molecule has 0 aliphatic carbocycles. The number of hydrogen-bond acceptors (Lipinski definition) is 2. The molecular formula is C17H15F4NO2. The van der Waals surface area contributed by atoms with Crippen LogP contribution in [0.25, 0.3) is 0 Å². The van der Waals surface area contributed by atoms with Crippen LogP contribution in [0.4, 0.5) is 17.6 Å². The lowest BCUT2D eigenvalue weighted by atomic mass is 9.95. The summed E-state index contributed by atoms with van der Waals surface area (Å²) >= 11 is 0. The summed E-state index contributed by atoms with van der Waals surface area (Å²) in [5.74, 6) is -4.51. The molecule has 1 atom stereocenters. The van der Waals surface area contributed by atoms with Gasteiger partial charge in [0.25, 0.3) is 5.91 Å². The summed E-state index contributed by atoms with van der Waals surface area (Å²) in [5.41, 5.74) is -2.39. The van der Waals surface area contributed by atoms with Crippen LogP contribution in [0.2, 0.25) is 0 Å². The highest BCUT2D eigenvalue weighted by Gasteiger charge is 2.28. The van der Waals surface area contributed by atoms with Crippen LogP contribution >= 0.6 is 0 Å². The highest BCUT2D eigenvalue weighted by molar-refractivity contribution is 5.94. The fourth-order valence-corrected chi connectivity index (χ4v) is 2.20. The molecule has 2 aromatic carbocycles. The summed E-state index contributed by atoms with van der Waals surface area (Å²) in [6.07, 6.45) is 0. The van der Waals surface area contributed by atoms with E-state index in [9.17, 15) is 27.5 Å². The monoisotopic (exact) mass is 341 g/mol. The van der Waals surface area contributed by atoms with Gasteiger partial charge in [-0.05, 0) is 31.5 Å². The highest BCUT2D eigenvalue weighted by Crippen LogP contribution is 2.24. The second kappa shape index (κ2) is 6.60. The highest BCUT2D eigenvalue weighted by atomic mass is 19.1. The first-order chi connectivity index (χ1) is 11.1. The molecule has 1 amide bonds. The van der Waals surface area contributed by atoms with Gasteiger partial charge in [0.05, 0.1) is 12.1 Å². The van der Waals surface area contributed by atoms with Crippen LogP contribution in [0.3, 0.4) is 0 Å². The number of nitrogens with one attached hydrogen (secondary N) is 1. The third-order valence-corrected chi connectivity index (χ3v) is 3.60. The molecule has 0 aliphatic heterocycles. The summed E-state index contributed by atoms with van der Waals surface area (Å²) in [6, 6.07) is 4.25. The zero-order chi connectivity index (χ0) is 18.1. The molecular weight excluding hydrogens is 326 g/mol. The first kappa shape index (κ1) is 17.9. The average molecular weight is 341 g/mol. The largest absolute Gasteiger partial charge is 0.383 e. The van der Waals surface area contributed by atoms with Crippen molar-refractivity contribution >= 4 is 5.91 Å². The molecule has 2 aromatic rings.